The number of halogens is 1. The van der Waals surface area contributed by atoms with Crippen molar-refractivity contribution in [2.45, 2.75) is 20.4 Å². The van der Waals surface area contributed by atoms with Gasteiger partial charge in [0, 0.05) is 17.7 Å². The Hall–Kier alpha value is -2.73. The number of aromatic nitrogens is 1. The summed E-state index contributed by atoms with van der Waals surface area (Å²) in [6.45, 7) is 4.31. The molecule has 0 saturated heterocycles. The minimum absolute atomic E-state index is 0.0885. The number of carbonyl (C=O) groups excluding carboxylic acids is 1. The van der Waals surface area contributed by atoms with E-state index in [9.17, 15) is 9.18 Å². The number of nitrogens with one attached hydrogen (secondary N) is 1. The van der Waals surface area contributed by atoms with Gasteiger partial charge in [0.05, 0.1) is 15.7 Å². The third kappa shape index (κ3) is 4.26. The molecule has 0 aliphatic carbocycles. The van der Waals surface area contributed by atoms with E-state index in [4.69, 9.17) is 4.74 Å². The van der Waals surface area contributed by atoms with Crippen LogP contribution in [0.1, 0.15) is 29.8 Å². The first kappa shape index (κ1) is 18.1. The average molecular weight is 370 g/mol. The third-order valence-electron chi connectivity index (χ3n) is 3.81. The molecule has 0 bridgehead atoms. The van der Waals surface area contributed by atoms with E-state index >= 15 is 0 Å². The minimum Gasteiger partial charge on any atom is -0.486 e. The molecule has 0 radical (unpaired) electrons. The zero-order valence-corrected chi connectivity index (χ0v) is 15.4. The fourth-order valence-electron chi connectivity index (χ4n) is 2.38. The van der Waals surface area contributed by atoms with Crippen molar-refractivity contribution in [2.24, 2.45) is 0 Å². The van der Waals surface area contributed by atoms with E-state index in [1.54, 1.807) is 41.9 Å². The number of hydrogen-bond acceptors (Lipinski definition) is 4. The molecule has 4 nitrogen and oxygen atoms in total. The standard InChI is InChI=1S/C20H19FN2O2S/c1-13(2)8-9-25-17-5-3-4-15(19(17)21)11-22-20(24)14-6-7-16-18(10-14)26-12-23-16/h3-8,10,12H,9,11H2,1-2H3,(H,22,24). The smallest absolute Gasteiger partial charge is 0.251 e. The molecular weight excluding hydrogens is 351 g/mol. The predicted octanol–water partition coefficient (Wildman–Crippen LogP) is 4.71. The van der Waals surface area contributed by atoms with Crippen LogP contribution < -0.4 is 10.1 Å². The summed E-state index contributed by atoms with van der Waals surface area (Å²) < 4.78 is 20.9. The number of hydrogen-bond donors (Lipinski definition) is 1. The van der Waals surface area contributed by atoms with Crippen LogP contribution in [-0.2, 0) is 6.54 Å². The topological polar surface area (TPSA) is 51.2 Å². The number of ether oxygens (including phenoxy) is 1. The van der Waals surface area contributed by atoms with E-state index in [1.165, 1.54) is 11.3 Å². The summed E-state index contributed by atoms with van der Waals surface area (Å²) in [4.78, 5) is 16.5. The van der Waals surface area contributed by atoms with Crippen LogP contribution in [0.5, 0.6) is 5.75 Å². The lowest BCUT2D eigenvalue weighted by Gasteiger charge is -2.10. The summed E-state index contributed by atoms with van der Waals surface area (Å²) in [5.41, 5.74) is 4.61. The maximum Gasteiger partial charge on any atom is 0.251 e. The van der Waals surface area contributed by atoms with Gasteiger partial charge in [-0.15, -0.1) is 11.3 Å². The molecule has 2 aromatic carbocycles. The summed E-state index contributed by atoms with van der Waals surface area (Å²) in [5.74, 6) is -0.524. The van der Waals surface area contributed by atoms with Crippen LogP contribution >= 0.6 is 11.3 Å². The molecule has 0 spiro atoms. The van der Waals surface area contributed by atoms with Gasteiger partial charge in [0.2, 0.25) is 0 Å². The predicted molar refractivity (Wildman–Crippen MR) is 102 cm³/mol. The van der Waals surface area contributed by atoms with E-state index in [-0.39, 0.29) is 18.2 Å². The minimum atomic E-state index is -0.451. The van der Waals surface area contributed by atoms with Crippen molar-refractivity contribution in [1.82, 2.24) is 10.3 Å². The Labute approximate surface area is 155 Å². The molecule has 0 aliphatic rings. The fraction of sp³-hybridized carbons (Fsp3) is 0.200. The Morgan fingerprint density at radius 3 is 2.96 bits per heavy atom. The SMILES string of the molecule is CC(C)=CCOc1cccc(CNC(=O)c2ccc3ncsc3c2)c1F. The van der Waals surface area contributed by atoms with E-state index in [1.807, 2.05) is 19.9 Å². The van der Waals surface area contributed by atoms with E-state index in [2.05, 4.69) is 10.3 Å². The normalized spacial score (nSPS) is 10.6. The molecule has 0 fully saturated rings. The van der Waals surface area contributed by atoms with Crippen LogP contribution in [0.4, 0.5) is 4.39 Å². The Morgan fingerprint density at radius 1 is 1.31 bits per heavy atom. The maximum absolute atomic E-state index is 14.5. The van der Waals surface area contributed by atoms with Crippen molar-refractivity contribution >= 4 is 27.5 Å². The van der Waals surface area contributed by atoms with Gasteiger partial charge in [-0.1, -0.05) is 17.7 Å². The Kier molecular flexibility index (Phi) is 5.63. The lowest BCUT2D eigenvalue weighted by Crippen LogP contribution is -2.23. The number of rotatable bonds is 6. The Balaban J connectivity index is 1.66. The largest absolute Gasteiger partial charge is 0.486 e. The lowest BCUT2D eigenvalue weighted by molar-refractivity contribution is 0.0950. The first-order valence-corrected chi connectivity index (χ1v) is 9.07. The van der Waals surface area contributed by atoms with Crippen LogP contribution in [0.2, 0.25) is 0 Å². The summed E-state index contributed by atoms with van der Waals surface area (Å²) in [6.07, 6.45) is 1.88. The van der Waals surface area contributed by atoms with Gasteiger partial charge in [-0.3, -0.25) is 4.79 Å². The fourth-order valence-corrected chi connectivity index (χ4v) is 3.09. The Bertz CT molecular complexity index is 961. The number of fused-ring (bicyclic) bond motifs is 1. The molecule has 134 valence electrons. The number of nitrogens with zero attached hydrogens (tertiary/aromatic N) is 1. The van der Waals surface area contributed by atoms with E-state index in [0.29, 0.717) is 17.7 Å². The van der Waals surface area contributed by atoms with Crippen molar-refractivity contribution in [2.75, 3.05) is 6.61 Å². The first-order valence-electron chi connectivity index (χ1n) is 8.19. The molecule has 0 unspecified atom stereocenters. The van der Waals surface area contributed by atoms with Crippen LogP contribution in [0.3, 0.4) is 0 Å². The zero-order valence-electron chi connectivity index (χ0n) is 14.6. The van der Waals surface area contributed by atoms with Gasteiger partial charge in [-0.2, -0.15) is 0 Å². The van der Waals surface area contributed by atoms with Crippen LogP contribution in [-0.4, -0.2) is 17.5 Å². The molecule has 1 N–H and O–H groups in total. The highest BCUT2D eigenvalue weighted by atomic mass is 32.1. The summed E-state index contributed by atoms with van der Waals surface area (Å²) in [6, 6.07) is 10.2. The van der Waals surface area contributed by atoms with Gasteiger partial charge >= 0.3 is 0 Å². The third-order valence-corrected chi connectivity index (χ3v) is 4.60. The van der Waals surface area contributed by atoms with Gasteiger partial charge < -0.3 is 10.1 Å². The van der Waals surface area contributed by atoms with Crippen molar-refractivity contribution in [1.29, 1.82) is 0 Å². The van der Waals surface area contributed by atoms with Gasteiger partial charge in [0.1, 0.15) is 6.61 Å². The van der Waals surface area contributed by atoms with Crippen LogP contribution in [0, 0.1) is 5.82 Å². The highest BCUT2D eigenvalue weighted by Gasteiger charge is 2.12. The highest BCUT2D eigenvalue weighted by molar-refractivity contribution is 7.16. The second kappa shape index (κ2) is 8.10. The monoisotopic (exact) mass is 370 g/mol. The number of allylic oxidation sites excluding steroid dienone is 1. The van der Waals surface area contributed by atoms with Gasteiger partial charge in [0.25, 0.3) is 5.91 Å². The molecule has 26 heavy (non-hydrogen) atoms. The second-order valence-corrected chi connectivity index (χ2v) is 6.93. The number of benzene rings is 2. The number of thiazole rings is 1. The number of carbonyl (C=O) groups is 1. The lowest BCUT2D eigenvalue weighted by atomic mass is 10.1. The average Bonchev–Trinajstić information content (AvgIpc) is 3.09. The Morgan fingerprint density at radius 2 is 2.15 bits per heavy atom. The maximum atomic E-state index is 14.5. The molecule has 0 saturated carbocycles. The zero-order chi connectivity index (χ0) is 18.5. The van der Waals surface area contributed by atoms with Gasteiger partial charge in [-0.25, -0.2) is 9.37 Å². The molecule has 0 atom stereocenters. The molecule has 1 heterocycles. The summed E-state index contributed by atoms with van der Waals surface area (Å²) >= 11 is 1.47. The van der Waals surface area contributed by atoms with Crippen molar-refractivity contribution in [3.63, 3.8) is 0 Å². The van der Waals surface area contributed by atoms with Gasteiger partial charge in [0.15, 0.2) is 11.6 Å². The second-order valence-electron chi connectivity index (χ2n) is 6.04. The molecule has 1 amide bonds. The van der Waals surface area contributed by atoms with Crippen LogP contribution in [0.25, 0.3) is 10.2 Å². The van der Waals surface area contributed by atoms with E-state index < -0.39 is 5.82 Å². The van der Waals surface area contributed by atoms with Crippen molar-refractivity contribution < 1.29 is 13.9 Å². The van der Waals surface area contributed by atoms with Gasteiger partial charge in [-0.05, 0) is 44.2 Å². The van der Waals surface area contributed by atoms with Crippen LogP contribution in [0.15, 0.2) is 53.6 Å². The summed E-state index contributed by atoms with van der Waals surface area (Å²) in [5, 5.41) is 2.75. The first-order chi connectivity index (χ1) is 12.5. The quantitative estimate of drug-likeness (QED) is 0.639. The number of amides is 1. The van der Waals surface area contributed by atoms with E-state index in [0.717, 1.165) is 15.8 Å². The molecular formula is C20H19FN2O2S. The molecule has 3 rings (SSSR count). The van der Waals surface area contributed by atoms with Crippen molar-refractivity contribution in [3.05, 3.63) is 70.5 Å². The summed E-state index contributed by atoms with van der Waals surface area (Å²) in [7, 11) is 0. The molecule has 6 heteroatoms. The highest BCUT2D eigenvalue weighted by Crippen LogP contribution is 2.21. The molecule has 0 aliphatic heterocycles. The van der Waals surface area contributed by atoms with Crippen molar-refractivity contribution in [3.8, 4) is 5.75 Å². The molecule has 1 aromatic heterocycles. The molecule has 3 aromatic rings.